The fraction of sp³-hybridized carbons (Fsp3) is 1.00. The van der Waals surface area contributed by atoms with E-state index in [9.17, 15) is 0 Å². The monoisotopic (exact) mass is 199 g/mol. The van der Waals surface area contributed by atoms with E-state index in [-0.39, 0.29) is 0 Å². The first-order chi connectivity index (χ1) is 6.42. The van der Waals surface area contributed by atoms with Crippen molar-refractivity contribution in [1.82, 2.24) is 5.32 Å². The molecule has 0 aromatic carbocycles. The fourth-order valence-electron chi connectivity index (χ4n) is 2.11. The highest BCUT2D eigenvalue weighted by atomic mass is 32.2. The first-order valence-corrected chi connectivity index (χ1v) is 7.03. The molecule has 0 radical (unpaired) electrons. The molecule has 0 unspecified atom stereocenters. The summed E-state index contributed by atoms with van der Waals surface area (Å²) >= 11 is 1.96. The number of thioether (sulfide) groups is 1. The van der Waals surface area contributed by atoms with E-state index in [2.05, 4.69) is 11.6 Å². The molecule has 0 aromatic heterocycles. The van der Waals surface area contributed by atoms with Crippen LogP contribution in [0, 0.1) is 11.8 Å². The molecule has 0 aromatic rings. The van der Waals surface area contributed by atoms with Crippen LogP contribution in [0.25, 0.3) is 0 Å². The summed E-state index contributed by atoms with van der Waals surface area (Å²) in [6.45, 7) is 1.25. The van der Waals surface area contributed by atoms with E-state index < -0.39 is 0 Å². The van der Waals surface area contributed by atoms with Crippen molar-refractivity contribution in [3.05, 3.63) is 0 Å². The molecule has 0 aliphatic heterocycles. The van der Waals surface area contributed by atoms with Crippen LogP contribution in [0.5, 0.6) is 0 Å². The SMILES string of the molecule is CSCCCNC(C1CC1)C1CC1. The van der Waals surface area contributed by atoms with Crippen molar-refractivity contribution < 1.29 is 0 Å². The van der Waals surface area contributed by atoms with Crippen LogP contribution in [0.4, 0.5) is 0 Å². The van der Waals surface area contributed by atoms with Gasteiger partial charge in [-0.15, -0.1) is 0 Å². The maximum atomic E-state index is 3.77. The van der Waals surface area contributed by atoms with E-state index >= 15 is 0 Å². The highest BCUT2D eigenvalue weighted by Crippen LogP contribution is 2.44. The minimum atomic E-state index is 0.904. The second-order valence-corrected chi connectivity index (χ2v) is 5.49. The van der Waals surface area contributed by atoms with Gasteiger partial charge in [0.1, 0.15) is 0 Å². The van der Waals surface area contributed by atoms with Gasteiger partial charge in [0.05, 0.1) is 0 Å². The summed E-state index contributed by atoms with van der Waals surface area (Å²) in [6.07, 6.45) is 9.52. The van der Waals surface area contributed by atoms with Crippen LogP contribution < -0.4 is 5.32 Å². The van der Waals surface area contributed by atoms with Gasteiger partial charge in [0.15, 0.2) is 0 Å². The molecule has 2 saturated carbocycles. The lowest BCUT2D eigenvalue weighted by Gasteiger charge is -2.17. The highest BCUT2D eigenvalue weighted by Gasteiger charge is 2.40. The predicted octanol–water partition coefficient (Wildman–Crippen LogP) is 2.52. The summed E-state index contributed by atoms with van der Waals surface area (Å²) in [5, 5.41) is 3.77. The molecule has 0 spiro atoms. The lowest BCUT2D eigenvalue weighted by Crippen LogP contribution is -2.34. The topological polar surface area (TPSA) is 12.0 Å². The fourth-order valence-corrected chi connectivity index (χ4v) is 2.55. The van der Waals surface area contributed by atoms with Crippen LogP contribution >= 0.6 is 11.8 Å². The summed E-state index contributed by atoms with van der Waals surface area (Å²) in [4.78, 5) is 0. The summed E-state index contributed by atoms with van der Waals surface area (Å²) in [5.74, 6) is 3.43. The van der Waals surface area contributed by atoms with Crippen molar-refractivity contribution in [2.24, 2.45) is 11.8 Å². The molecule has 2 aliphatic carbocycles. The third-order valence-corrected chi connectivity index (χ3v) is 3.86. The van der Waals surface area contributed by atoms with E-state index in [1.165, 1.54) is 44.4 Å². The Morgan fingerprint density at radius 2 is 1.85 bits per heavy atom. The molecule has 0 atom stereocenters. The summed E-state index contributed by atoms with van der Waals surface area (Å²) in [7, 11) is 0. The molecule has 2 fully saturated rings. The molecule has 0 heterocycles. The smallest absolute Gasteiger partial charge is 0.0124 e. The molecule has 76 valence electrons. The Morgan fingerprint density at radius 3 is 2.31 bits per heavy atom. The van der Waals surface area contributed by atoms with Crippen LogP contribution in [-0.4, -0.2) is 24.6 Å². The van der Waals surface area contributed by atoms with Crippen LogP contribution in [0.3, 0.4) is 0 Å². The first kappa shape index (κ1) is 9.85. The minimum absolute atomic E-state index is 0.904. The van der Waals surface area contributed by atoms with Gasteiger partial charge in [-0.1, -0.05) is 0 Å². The van der Waals surface area contributed by atoms with Crippen molar-refractivity contribution in [3.8, 4) is 0 Å². The van der Waals surface area contributed by atoms with Crippen molar-refractivity contribution >= 4 is 11.8 Å². The Morgan fingerprint density at radius 1 is 1.23 bits per heavy atom. The average molecular weight is 199 g/mol. The van der Waals surface area contributed by atoms with Gasteiger partial charge in [-0.25, -0.2) is 0 Å². The summed E-state index contributed by atoms with van der Waals surface area (Å²) in [6, 6.07) is 0.904. The molecule has 0 saturated heterocycles. The van der Waals surface area contributed by atoms with Crippen LogP contribution in [0.15, 0.2) is 0 Å². The Labute approximate surface area is 86.0 Å². The maximum absolute atomic E-state index is 3.77. The zero-order chi connectivity index (χ0) is 9.10. The van der Waals surface area contributed by atoms with Crippen molar-refractivity contribution in [2.45, 2.75) is 38.1 Å². The van der Waals surface area contributed by atoms with Crippen LogP contribution in [-0.2, 0) is 0 Å². The number of nitrogens with one attached hydrogen (secondary N) is 1. The van der Waals surface area contributed by atoms with Crippen molar-refractivity contribution in [2.75, 3.05) is 18.6 Å². The molecule has 13 heavy (non-hydrogen) atoms. The molecule has 1 nitrogen and oxygen atoms in total. The quantitative estimate of drug-likeness (QED) is 0.632. The Bertz CT molecular complexity index is 140. The van der Waals surface area contributed by atoms with Gasteiger partial charge < -0.3 is 5.32 Å². The maximum Gasteiger partial charge on any atom is 0.0124 e. The number of hydrogen-bond acceptors (Lipinski definition) is 2. The van der Waals surface area contributed by atoms with Crippen LogP contribution in [0.1, 0.15) is 32.1 Å². The molecule has 1 N–H and O–H groups in total. The summed E-state index contributed by atoms with van der Waals surface area (Å²) < 4.78 is 0. The third kappa shape index (κ3) is 3.17. The second kappa shape index (κ2) is 4.70. The van der Waals surface area contributed by atoms with Crippen molar-refractivity contribution in [3.63, 3.8) is 0 Å². The Hall–Kier alpha value is 0.310. The molecule has 2 aliphatic rings. The van der Waals surface area contributed by atoms with E-state index in [1.54, 1.807) is 0 Å². The van der Waals surface area contributed by atoms with Gasteiger partial charge in [-0.2, -0.15) is 11.8 Å². The zero-order valence-electron chi connectivity index (χ0n) is 8.59. The standard InChI is InChI=1S/C11H21NS/c1-13-8-2-7-12-11(9-3-4-9)10-5-6-10/h9-12H,2-8H2,1H3. The number of hydrogen-bond donors (Lipinski definition) is 1. The average Bonchev–Trinajstić information content (AvgIpc) is 2.99. The lowest BCUT2D eigenvalue weighted by molar-refractivity contribution is 0.418. The van der Waals surface area contributed by atoms with Gasteiger partial charge in [-0.3, -0.25) is 0 Å². The minimum Gasteiger partial charge on any atom is -0.313 e. The van der Waals surface area contributed by atoms with Crippen LogP contribution in [0.2, 0.25) is 0 Å². The van der Waals surface area contributed by atoms with E-state index in [0.29, 0.717) is 0 Å². The number of rotatable bonds is 7. The van der Waals surface area contributed by atoms with Crippen molar-refractivity contribution in [1.29, 1.82) is 0 Å². The molecule has 2 rings (SSSR count). The summed E-state index contributed by atoms with van der Waals surface area (Å²) in [5.41, 5.74) is 0. The van der Waals surface area contributed by atoms with Gasteiger partial charge in [0, 0.05) is 6.04 Å². The van der Waals surface area contributed by atoms with Gasteiger partial charge >= 0.3 is 0 Å². The molecular weight excluding hydrogens is 178 g/mol. The molecule has 2 heteroatoms. The third-order valence-electron chi connectivity index (χ3n) is 3.17. The van der Waals surface area contributed by atoms with Gasteiger partial charge in [0.2, 0.25) is 0 Å². The Kier molecular flexibility index (Phi) is 3.56. The normalized spacial score (nSPS) is 22.6. The molecular formula is C11H21NS. The van der Waals surface area contributed by atoms with E-state index in [4.69, 9.17) is 0 Å². The highest BCUT2D eigenvalue weighted by molar-refractivity contribution is 7.98. The predicted molar refractivity (Wildman–Crippen MR) is 60.2 cm³/mol. The second-order valence-electron chi connectivity index (χ2n) is 4.50. The van der Waals surface area contributed by atoms with E-state index in [0.717, 1.165) is 17.9 Å². The molecule has 0 amide bonds. The van der Waals surface area contributed by atoms with Gasteiger partial charge in [-0.05, 0) is 62.5 Å². The molecule has 0 bridgehead atoms. The van der Waals surface area contributed by atoms with Gasteiger partial charge in [0.25, 0.3) is 0 Å². The largest absolute Gasteiger partial charge is 0.313 e. The lowest BCUT2D eigenvalue weighted by atomic mass is 10.1. The Balaban J connectivity index is 1.59. The zero-order valence-corrected chi connectivity index (χ0v) is 9.41. The first-order valence-electron chi connectivity index (χ1n) is 5.64. The van der Waals surface area contributed by atoms with E-state index in [1.807, 2.05) is 11.8 Å².